The third-order valence-corrected chi connectivity index (χ3v) is 10.1. The number of hydrogen-bond acceptors (Lipinski definition) is 6. The molecule has 284 valence electrons. The van der Waals surface area contributed by atoms with E-state index in [2.05, 4.69) is 4.36 Å². The first-order valence-electron chi connectivity index (χ1n) is 15.0. The maximum absolute atomic E-state index is 13.5. The van der Waals surface area contributed by atoms with E-state index in [-0.39, 0.29) is 19.4 Å². The van der Waals surface area contributed by atoms with Crippen molar-refractivity contribution in [3.8, 4) is 0 Å². The summed E-state index contributed by atoms with van der Waals surface area (Å²) in [7, 11) is -4.11. The Balaban J connectivity index is 1.92. The first kappa shape index (κ1) is 42.6. The van der Waals surface area contributed by atoms with Gasteiger partial charge < -0.3 is 4.90 Å². The van der Waals surface area contributed by atoms with Crippen molar-refractivity contribution >= 4 is 38.9 Å². The molecular weight excluding hydrogens is 729 g/mol. The van der Waals surface area contributed by atoms with E-state index in [4.69, 9.17) is 0 Å². The van der Waals surface area contributed by atoms with E-state index in [9.17, 15) is 77.0 Å². The minimum atomic E-state index is -5.93. The molecule has 1 heterocycles. The summed E-state index contributed by atoms with van der Waals surface area (Å²) in [5.74, 6) is -10.5. The number of carbonyl (C=O) groups is 3. The van der Waals surface area contributed by atoms with Crippen molar-refractivity contribution in [1.29, 1.82) is 0 Å². The van der Waals surface area contributed by atoms with E-state index in [0.717, 1.165) is 11.0 Å². The number of imide groups is 1. The second-order valence-electron chi connectivity index (χ2n) is 11.9. The van der Waals surface area contributed by atoms with Gasteiger partial charge in [-0.1, -0.05) is 32.1 Å². The average Bonchev–Trinajstić information content (AvgIpc) is 3.12. The molecule has 2 rings (SSSR count). The number of alkyl halides is 11. The second kappa shape index (κ2) is 15.7. The topological polar surface area (TPSA) is 130 Å². The minimum absolute atomic E-state index is 0.00261. The lowest BCUT2D eigenvalue weighted by Crippen LogP contribution is -2.44. The zero-order valence-corrected chi connectivity index (χ0v) is 27.3. The summed E-state index contributed by atoms with van der Waals surface area (Å²) in [5, 5.41) is 11.1. The highest BCUT2D eigenvalue weighted by Crippen LogP contribution is 2.41. The summed E-state index contributed by atoms with van der Waals surface area (Å²) in [6.07, 6.45) is -17.3. The number of nitro benzene ring substituents is 1. The van der Waals surface area contributed by atoms with Crippen LogP contribution in [-0.4, -0.2) is 73.7 Å². The molecule has 1 atom stereocenters. The van der Waals surface area contributed by atoms with Crippen LogP contribution in [-0.2, 0) is 25.5 Å². The van der Waals surface area contributed by atoms with Gasteiger partial charge in [-0.15, -0.1) is 0 Å². The highest BCUT2D eigenvalue weighted by Gasteiger charge is 2.56. The van der Waals surface area contributed by atoms with Crippen LogP contribution in [0.5, 0.6) is 0 Å². The third kappa shape index (κ3) is 10.7. The number of amides is 4. The molecule has 1 fully saturated rings. The zero-order chi connectivity index (χ0) is 38.5. The molecule has 1 aromatic carbocycles. The molecule has 0 radical (unpaired) electrons. The number of anilines is 1. The fourth-order valence-corrected chi connectivity index (χ4v) is 7.07. The van der Waals surface area contributed by atoms with E-state index in [1.54, 1.807) is 0 Å². The van der Waals surface area contributed by atoms with Crippen molar-refractivity contribution < 1.29 is 71.8 Å². The van der Waals surface area contributed by atoms with Gasteiger partial charge in [0.25, 0.3) is 11.6 Å². The van der Waals surface area contributed by atoms with Crippen LogP contribution in [0, 0.1) is 10.1 Å². The maximum Gasteiger partial charge on any atom is 0.474 e. The van der Waals surface area contributed by atoms with Gasteiger partial charge in [0.15, 0.2) is 0 Å². The van der Waals surface area contributed by atoms with Crippen LogP contribution in [0.4, 0.5) is 64.5 Å². The number of nitro groups is 1. The first-order valence-corrected chi connectivity index (χ1v) is 16.8. The Morgan fingerprint density at radius 1 is 0.860 bits per heavy atom. The molecule has 10 nitrogen and oxygen atoms in total. The molecule has 4 amide bonds. The van der Waals surface area contributed by atoms with Crippen LogP contribution in [0.1, 0.15) is 77.2 Å². The molecule has 0 bridgehead atoms. The lowest BCUT2D eigenvalue weighted by molar-refractivity contribution is -0.388. The van der Waals surface area contributed by atoms with E-state index in [1.165, 1.54) is 13.8 Å². The number of carbonyl (C=O) groups excluding carboxylic acids is 3. The fourth-order valence-electron chi connectivity index (χ4n) is 5.03. The van der Waals surface area contributed by atoms with E-state index in [0.29, 0.717) is 49.1 Å². The van der Waals surface area contributed by atoms with E-state index < -0.39 is 104 Å². The van der Waals surface area contributed by atoms with Gasteiger partial charge in [0.1, 0.15) is 11.1 Å². The summed E-state index contributed by atoms with van der Waals surface area (Å²) in [6.45, 7) is 2.74. The van der Waals surface area contributed by atoms with Gasteiger partial charge in [0.2, 0.25) is 0 Å². The molecule has 0 spiro atoms. The van der Waals surface area contributed by atoms with Crippen molar-refractivity contribution in [2.24, 2.45) is 4.36 Å². The van der Waals surface area contributed by atoms with Gasteiger partial charge in [0, 0.05) is 30.5 Å². The predicted octanol–water partition coefficient (Wildman–Crippen LogP) is 8.43. The molecule has 0 N–H and O–H groups in total. The summed E-state index contributed by atoms with van der Waals surface area (Å²) >= 11 is 0. The number of urea groups is 1. The lowest BCUT2D eigenvalue weighted by atomic mass is 10.0. The maximum atomic E-state index is 13.5. The smallest absolute Gasteiger partial charge is 0.310 e. The molecule has 50 heavy (non-hydrogen) atoms. The Bertz CT molecular complexity index is 1550. The van der Waals surface area contributed by atoms with Crippen LogP contribution < -0.4 is 4.90 Å². The number of rotatable bonds is 16. The van der Waals surface area contributed by atoms with Gasteiger partial charge in [-0.25, -0.2) is 13.9 Å². The van der Waals surface area contributed by atoms with Crippen molar-refractivity contribution in [3.63, 3.8) is 0 Å². The number of hydrogen-bond donors (Lipinski definition) is 0. The van der Waals surface area contributed by atoms with Crippen molar-refractivity contribution in [2.75, 3.05) is 23.0 Å². The number of nitrogens with zero attached hydrogens (tertiary/aromatic N) is 4. The molecule has 1 aromatic rings. The van der Waals surface area contributed by atoms with Gasteiger partial charge in [-0.3, -0.25) is 19.7 Å². The summed E-state index contributed by atoms with van der Waals surface area (Å²) in [4.78, 5) is 48.9. The highest BCUT2D eigenvalue weighted by molar-refractivity contribution is 7.93. The van der Waals surface area contributed by atoms with Crippen LogP contribution in [0.3, 0.4) is 0 Å². The van der Waals surface area contributed by atoms with Crippen molar-refractivity contribution in [1.82, 2.24) is 4.90 Å². The number of benzene rings is 1. The molecular formula is C28H33F11N4O6S. The standard InChI is InChI=1S/C28H33F11N4O6S/c1-24(2)22(45)42(18-11-12-20(43(47)48)19(17-18)26(31,32)33)23(46)41(24)14-8-6-4-3-5-7-9-15-50(49,40-21(44)27(34,35)36)16-10-13-25(29,30)28(37,38)39/h11-12,17H,3-10,13-16H2,1-2H3. The molecule has 0 saturated carbocycles. The van der Waals surface area contributed by atoms with Crippen LogP contribution in [0.2, 0.25) is 0 Å². The largest absolute Gasteiger partial charge is 0.474 e. The zero-order valence-electron chi connectivity index (χ0n) is 26.5. The van der Waals surface area contributed by atoms with E-state index in [1.807, 2.05) is 0 Å². The Morgan fingerprint density at radius 2 is 1.38 bits per heavy atom. The van der Waals surface area contributed by atoms with E-state index >= 15 is 0 Å². The monoisotopic (exact) mass is 762 g/mol. The Morgan fingerprint density at radius 3 is 1.88 bits per heavy atom. The van der Waals surface area contributed by atoms with Crippen LogP contribution in [0.25, 0.3) is 0 Å². The average molecular weight is 763 g/mol. The molecule has 1 unspecified atom stereocenters. The molecule has 1 saturated heterocycles. The fraction of sp³-hybridized carbons (Fsp3) is 0.679. The number of halogens is 11. The quantitative estimate of drug-likeness (QED) is 0.0547. The van der Waals surface area contributed by atoms with Gasteiger partial charge in [0.05, 0.1) is 20.3 Å². The van der Waals surface area contributed by atoms with Crippen LogP contribution >= 0.6 is 0 Å². The second-order valence-corrected chi connectivity index (χ2v) is 14.5. The van der Waals surface area contributed by atoms with Gasteiger partial charge in [-0.05, 0) is 45.2 Å². The Kier molecular flexibility index (Phi) is 13.4. The Hall–Kier alpha value is -3.59. The van der Waals surface area contributed by atoms with Crippen LogP contribution in [0.15, 0.2) is 22.6 Å². The highest BCUT2D eigenvalue weighted by atomic mass is 32.2. The molecule has 0 aromatic heterocycles. The molecule has 0 aliphatic carbocycles. The van der Waals surface area contributed by atoms with Crippen molar-refractivity contribution in [2.45, 2.75) is 102 Å². The third-order valence-electron chi connectivity index (χ3n) is 7.77. The normalized spacial score (nSPS) is 16.9. The summed E-state index contributed by atoms with van der Waals surface area (Å²) in [6, 6.07) is 0.807. The first-order chi connectivity index (χ1) is 22.7. The molecule has 22 heteroatoms. The lowest BCUT2D eigenvalue weighted by Gasteiger charge is -2.27. The van der Waals surface area contributed by atoms with Crippen molar-refractivity contribution in [3.05, 3.63) is 33.9 Å². The summed E-state index contributed by atoms with van der Waals surface area (Å²) in [5.41, 5.74) is -4.89. The number of unbranched alkanes of at least 4 members (excludes halogenated alkanes) is 6. The van der Waals surface area contributed by atoms with Gasteiger partial charge >= 0.3 is 36.4 Å². The van der Waals surface area contributed by atoms with Gasteiger partial charge in [-0.2, -0.15) is 52.7 Å². The predicted molar refractivity (Wildman–Crippen MR) is 156 cm³/mol. The minimum Gasteiger partial charge on any atom is -0.310 e. The molecule has 1 aliphatic rings. The summed E-state index contributed by atoms with van der Waals surface area (Å²) < 4.78 is 157. The molecule has 1 aliphatic heterocycles. The Labute approximate surface area is 278 Å². The SMILES string of the molecule is CC1(C)C(=O)N(c2ccc([N+](=O)[O-])c(C(F)(F)F)c2)C(=O)N1CCCCCCCCCS(=O)(CCCC(F)(F)C(F)(F)F)=NC(=O)C(F)(F)F.